The maximum absolute atomic E-state index is 12.1. The summed E-state index contributed by atoms with van der Waals surface area (Å²) in [5.74, 6) is -0.212. The van der Waals surface area contributed by atoms with Gasteiger partial charge in [-0.25, -0.2) is 0 Å². The maximum Gasteiger partial charge on any atom is 0.282 e. The van der Waals surface area contributed by atoms with Crippen LogP contribution >= 0.6 is 0 Å². The number of aromatic nitrogens is 2. The highest BCUT2D eigenvalue weighted by Gasteiger charge is 2.22. The van der Waals surface area contributed by atoms with Gasteiger partial charge in [0.2, 0.25) is 0 Å². The van der Waals surface area contributed by atoms with Crippen molar-refractivity contribution in [2.24, 2.45) is 0 Å². The van der Waals surface area contributed by atoms with E-state index in [1.54, 1.807) is 32.0 Å². The number of carbonyl (C=O) groups excluding carboxylic acids is 1. The summed E-state index contributed by atoms with van der Waals surface area (Å²) in [4.78, 5) is 22.5. The summed E-state index contributed by atoms with van der Waals surface area (Å²) in [5.41, 5.74) is 1.16. The van der Waals surface area contributed by atoms with Crippen molar-refractivity contribution in [3.05, 3.63) is 51.2 Å². The number of aryl methyl sites for hydroxylation is 2. The number of nitro groups is 1. The summed E-state index contributed by atoms with van der Waals surface area (Å²) < 4.78 is 0. The second kappa shape index (κ2) is 4.89. The molecule has 0 saturated carbocycles. The number of nitrogens with zero attached hydrogens (tertiary/aromatic N) is 2. The summed E-state index contributed by atoms with van der Waals surface area (Å²) in [6.45, 7) is 3.44. The first-order valence-electron chi connectivity index (χ1n) is 5.56. The average molecular weight is 260 g/mol. The molecule has 2 N–H and O–H groups in total. The van der Waals surface area contributed by atoms with E-state index in [2.05, 4.69) is 15.5 Å². The number of hydrogen-bond donors (Lipinski definition) is 2. The molecule has 0 aliphatic heterocycles. The van der Waals surface area contributed by atoms with Crippen LogP contribution in [0.3, 0.4) is 0 Å². The second-order valence-corrected chi connectivity index (χ2v) is 4.12. The van der Waals surface area contributed by atoms with Crippen molar-refractivity contribution < 1.29 is 9.72 Å². The fourth-order valence-electron chi connectivity index (χ4n) is 1.76. The highest BCUT2D eigenvalue weighted by molar-refractivity contribution is 6.07. The first-order valence-corrected chi connectivity index (χ1v) is 5.56. The molecule has 0 bridgehead atoms. The molecule has 7 nitrogen and oxygen atoms in total. The highest BCUT2D eigenvalue weighted by atomic mass is 16.6. The van der Waals surface area contributed by atoms with E-state index in [-0.39, 0.29) is 11.3 Å². The zero-order chi connectivity index (χ0) is 14.0. The number of amides is 1. The monoisotopic (exact) mass is 260 g/mol. The van der Waals surface area contributed by atoms with Crippen LogP contribution in [-0.4, -0.2) is 21.0 Å². The van der Waals surface area contributed by atoms with Gasteiger partial charge in [-0.15, -0.1) is 0 Å². The van der Waals surface area contributed by atoms with E-state index in [1.807, 2.05) is 0 Å². The number of hydrogen-bond acceptors (Lipinski definition) is 4. The van der Waals surface area contributed by atoms with E-state index in [0.717, 1.165) is 5.69 Å². The normalized spacial score (nSPS) is 10.2. The van der Waals surface area contributed by atoms with Gasteiger partial charge in [-0.3, -0.25) is 20.0 Å². The van der Waals surface area contributed by atoms with Crippen LogP contribution in [0.15, 0.2) is 24.3 Å². The lowest BCUT2D eigenvalue weighted by Gasteiger charge is -2.06. The SMILES string of the molecule is Cc1cc(NC(=O)c2c(C)cccc2[N+](=O)[O-])n[nH]1. The number of carbonyl (C=O) groups is 1. The van der Waals surface area contributed by atoms with E-state index < -0.39 is 10.8 Å². The predicted molar refractivity (Wildman–Crippen MR) is 69.1 cm³/mol. The molecule has 0 radical (unpaired) electrons. The lowest BCUT2D eigenvalue weighted by Crippen LogP contribution is -2.15. The zero-order valence-corrected chi connectivity index (χ0v) is 10.4. The van der Waals surface area contributed by atoms with Crippen molar-refractivity contribution >= 4 is 17.4 Å². The summed E-state index contributed by atoms with van der Waals surface area (Å²) in [6.07, 6.45) is 0. The van der Waals surface area contributed by atoms with Crippen LogP contribution in [0.1, 0.15) is 21.6 Å². The molecule has 19 heavy (non-hydrogen) atoms. The Bertz CT molecular complexity index is 648. The van der Waals surface area contributed by atoms with Crippen LogP contribution < -0.4 is 5.32 Å². The molecule has 98 valence electrons. The quantitative estimate of drug-likeness (QED) is 0.652. The Morgan fingerprint density at radius 2 is 2.16 bits per heavy atom. The summed E-state index contributed by atoms with van der Waals surface area (Å²) in [7, 11) is 0. The molecule has 1 aromatic carbocycles. The molecule has 7 heteroatoms. The van der Waals surface area contributed by atoms with Crippen LogP contribution in [0, 0.1) is 24.0 Å². The third kappa shape index (κ3) is 2.59. The van der Waals surface area contributed by atoms with Gasteiger partial charge < -0.3 is 5.32 Å². The van der Waals surface area contributed by atoms with Crippen molar-refractivity contribution in [3.63, 3.8) is 0 Å². The third-order valence-corrected chi connectivity index (χ3v) is 2.62. The standard InChI is InChI=1S/C12H12N4O3/c1-7-4-3-5-9(16(18)19)11(7)12(17)13-10-6-8(2)14-15-10/h3-6H,1-2H3,(H2,13,14,15,17). The Kier molecular flexibility index (Phi) is 3.28. The van der Waals surface area contributed by atoms with Gasteiger partial charge in [0.05, 0.1) is 4.92 Å². The van der Waals surface area contributed by atoms with Gasteiger partial charge in [0, 0.05) is 17.8 Å². The first-order chi connectivity index (χ1) is 8.99. The summed E-state index contributed by atoms with van der Waals surface area (Å²) in [5, 5.41) is 20.0. The average Bonchev–Trinajstić information content (AvgIpc) is 2.74. The second-order valence-electron chi connectivity index (χ2n) is 4.12. The fourth-order valence-corrected chi connectivity index (χ4v) is 1.76. The van der Waals surface area contributed by atoms with Crippen molar-refractivity contribution in [3.8, 4) is 0 Å². The van der Waals surface area contributed by atoms with Gasteiger partial charge in [0.1, 0.15) is 5.56 Å². The summed E-state index contributed by atoms with van der Waals surface area (Å²) >= 11 is 0. The van der Waals surface area contributed by atoms with Crippen LogP contribution in [0.5, 0.6) is 0 Å². The van der Waals surface area contributed by atoms with E-state index in [1.165, 1.54) is 6.07 Å². The predicted octanol–water partition coefficient (Wildman–Crippen LogP) is 2.19. The maximum atomic E-state index is 12.1. The molecule has 0 fully saturated rings. The van der Waals surface area contributed by atoms with E-state index in [9.17, 15) is 14.9 Å². The molecule has 0 unspecified atom stereocenters. The molecular weight excluding hydrogens is 248 g/mol. The van der Waals surface area contributed by atoms with Crippen LogP contribution in [0.2, 0.25) is 0 Å². The Balaban J connectivity index is 2.36. The minimum atomic E-state index is -0.572. The number of anilines is 1. The molecule has 2 aromatic rings. The van der Waals surface area contributed by atoms with Gasteiger partial charge in [-0.2, -0.15) is 5.10 Å². The third-order valence-electron chi connectivity index (χ3n) is 2.62. The van der Waals surface area contributed by atoms with Gasteiger partial charge >= 0.3 is 0 Å². The van der Waals surface area contributed by atoms with Crippen LogP contribution in [0.4, 0.5) is 11.5 Å². The number of benzene rings is 1. The Labute approximate surface area is 108 Å². The van der Waals surface area contributed by atoms with Gasteiger partial charge in [-0.1, -0.05) is 12.1 Å². The first kappa shape index (κ1) is 12.7. The number of H-pyrrole nitrogens is 1. The summed E-state index contributed by atoms with van der Waals surface area (Å²) in [6, 6.07) is 6.14. The van der Waals surface area contributed by atoms with Gasteiger partial charge in [-0.05, 0) is 19.4 Å². The van der Waals surface area contributed by atoms with Crippen molar-refractivity contribution in [2.75, 3.05) is 5.32 Å². The molecule has 0 saturated heterocycles. The fraction of sp³-hybridized carbons (Fsp3) is 0.167. The van der Waals surface area contributed by atoms with E-state index >= 15 is 0 Å². The lowest BCUT2D eigenvalue weighted by atomic mass is 10.1. The Hall–Kier alpha value is -2.70. The number of nitrogens with one attached hydrogen (secondary N) is 2. The molecule has 0 spiro atoms. The minimum absolute atomic E-state index is 0.0492. The van der Waals surface area contributed by atoms with E-state index in [4.69, 9.17) is 0 Å². The molecule has 0 aliphatic carbocycles. The molecule has 0 atom stereocenters. The molecule has 1 aromatic heterocycles. The van der Waals surface area contributed by atoms with Gasteiger partial charge in [0.25, 0.3) is 11.6 Å². The number of aromatic amines is 1. The largest absolute Gasteiger partial charge is 0.305 e. The number of rotatable bonds is 3. The van der Waals surface area contributed by atoms with Crippen molar-refractivity contribution in [2.45, 2.75) is 13.8 Å². The zero-order valence-electron chi connectivity index (χ0n) is 10.4. The highest BCUT2D eigenvalue weighted by Crippen LogP contribution is 2.22. The molecule has 1 heterocycles. The minimum Gasteiger partial charge on any atom is -0.305 e. The number of nitro benzene ring substituents is 1. The topological polar surface area (TPSA) is 101 Å². The lowest BCUT2D eigenvalue weighted by molar-refractivity contribution is -0.385. The molecular formula is C12H12N4O3. The van der Waals surface area contributed by atoms with E-state index in [0.29, 0.717) is 11.4 Å². The van der Waals surface area contributed by atoms with Crippen LogP contribution in [0.25, 0.3) is 0 Å². The molecule has 0 aliphatic rings. The Morgan fingerprint density at radius 3 is 2.74 bits per heavy atom. The Morgan fingerprint density at radius 1 is 1.42 bits per heavy atom. The van der Waals surface area contributed by atoms with Gasteiger partial charge in [0.15, 0.2) is 5.82 Å². The smallest absolute Gasteiger partial charge is 0.282 e. The van der Waals surface area contributed by atoms with Crippen molar-refractivity contribution in [1.29, 1.82) is 0 Å². The van der Waals surface area contributed by atoms with Crippen molar-refractivity contribution in [1.82, 2.24) is 10.2 Å². The molecule has 2 rings (SSSR count). The molecule has 1 amide bonds. The van der Waals surface area contributed by atoms with Crippen LogP contribution in [-0.2, 0) is 0 Å².